The predicted molar refractivity (Wildman–Crippen MR) is 86.2 cm³/mol. The Morgan fingerprint density at radius 3 is 2.52 bits per heavy atom. The van der Waals surface area contributed by atoms with Crippen LogP contribution in [0.5, 0.6) is 0 Å². The molecule has 0 radical (unpaired) electrons. The van der Waals surface area contributed by atoms with Gasteiger partial charge in [0.15, 0.2) is 0 Å². The van der Waals surface area contributed by atoms with Crippen LogP contribution in [0.4, 0.5) is 5.69 Å². The summed E-state index contributed by atoms with van der Waals surface area (Å²) < 4.78 is 0. The Kier molecular flexibility index (Phi) is 4.85. The normalized spacial score (nSPS) is 17.0. The first-order valence-electron chi connectivity index (χ1n) is 7.51. The number of carbonyl (C=O) groups is 1. The predicted octanol–water partition coefficient (Wildman–Crippen LogP) is 1.88. The van der Waals surface area contributed by atoms with Crippen molar-refractivity contribution in [1.29, 1.82) is 0 Å². The molecular weight excluding hydrogens is 264 g/mol. The molecule has 0 spiro atoms. The van der Waals surface area contributed by atoms with Crippen molar-refractivity contribution in [2.45, 2.75) is 38.1 Å². The largest absolute Gasteiger partial charge is 0.350 e. The van der Waals surface area contributed by atoms with Gasteiger partial charge in [0.2, 0.25) is 0 Å². The second-order valence-corrected chi connectivity index (χ2v) is 6.18. The molecule has 0 unspecified atom stereocenters. The third-order valence-corrected chi connectivity index (χ3v) is 4.70. The third kappa shape index (κ3) is 3.36. The standard InChI is InChI=1S/C16H26N4O/c1-12-10-13(19-17)6-7-14(12)15(21)18-11-16(20(2)3)8-4-5-9-16/h6-7,10,19H,4-5,8-9,11,17H2,1-3H3,(H,18,21). The van der Waals surface area contributed by atoms with Crippen LogP contribution in [0.15, 0.2) is 18.2 Å². The number of amides is 1. The molecule has 5 heteroatoms. The lowest BCUT2D eigenvalue weighted by Gasteiger charge is -2.36. The fourth-order valence-corrected chi connectivity index (χ4v) is 3.16. The molecule has 1 aliphatic carbocycles. The van der Waals surface area contributed by atoms with Crippen LogP contribution in [0.3, 0.4) is 0 Å². The van der Waals surface area contributed by atoms with Crippen molar-refractivity contribution in [1.82, 2.24) is 10.2 Å². The summed E-state index contributed by atoms with van der Waals surface area (Å²) >= 11 is 0. The van der Waals surface area contributed by atoms with E-state index in [9.17, 15) is 4.79 Å². The first kappa shape index (κ1) is 15.8. The number of hydrazine groups is 1. The van der Waals surface area contributed by atoms with E-state index in [2.05, 4.69) is 29.7 Å². The molecule has 116 valence electrons. The molecule has 0 bridgehead atoms. The molecule has 1 aliphatic rings. The Labute approximate surface area is 126 Å². The zero-order chi connectivity index (χ0) is 15.5. The zero-order valence-corrected chi connectivity index (χ0v) is 13.2. The number of hydrogen-bond donors (Lipinski definition) is 3. The van der Waals surface area contributed by atoms with E-state index >= 15 is 0 Å². The molecule has 5 nitrogen and oxygen atoms in total. The van der Waals surface area contributed by atoms with Crippen LogP contribution in [0.2, 0.25) is 0 Å². The monoisotopic (exact) mass is 290 g/mol. The average molecular weight is 290 g/mol. The zero-order valence-electron chi connectivity index (χ0n) is 13.2. The van der Waals surface area contributed by atoms with Crippen molar-refractivity contribution in [3.8, 4) is 0 Å². The highest BCUT2D eigenvalue weighted by Crippen LogP contribution is 2.33. The minimum absolute atomic E-state index is 0.0100. The Hall–Kier alpha value is -1.59. The molecule has 0 saturated heterocycles. The summed E-state index contributed by atoms with van der Waals surface area (Å²) in [5.74, 6) is 5.37. The van der Waals surface area contributed by atoms with Gasteiger partial charge in [0.1, 0.15) is 0 Å². The second-order valence-electron chi connectivity index (χ2n) is 6.18. The number of nitrogens with two attached hydrogens (primary N) is 1. The highest BCUT2D eigenvalue weighted by Gasteiger charge is 2.36. The van der Waals surface area contributed by atoms with Gasteiger partial charge in [-0.2, -0.15) is 0 Å². The van der Waals surface area contributed by atoms with Gasteiger partial charge in [0.25, 0.3) is 5.91 Å². The van der Waals surface area contributed by atoms with Crippen LogP contribution in [0.25, 0.3) is 0 Å². The highest BCUT2D eigenvalue weighted by atomic mass is 16.1. The number of nitrogens with one attached hydrogen (secondary N) is 2. The summed E-state index contributed by atoms with van der Waals surface area (Å²) in [6.07, 6.45) is 4.78. The summed E-state index contributed by atoms with van der Waals surface area (Å²) in [6.45, 7) is 2.63. The lowest BCUT2D eigenvalue weighted by molar-refractivity contribution is 0.0899. The van der Waals surface area contributed by atoms with Crippen LogP contribution in [-0.2, 0) is 0 Å². The summed E-state index contributed by atoms with van der Waals surface area (Å²) in [4.78, 5) is 14.7. The summed E-state index contributed by atoms with van der Waals surface area (Å²) in [6, 6.07) is 5.52. The maximum absolute atomic E-state index is 12.4. The maximum atomic E-state index is 12.4. The van der Waals surface area contributed by atoms with Crippen LogP contribution in [0.1, 0.15) is 41.6 Å². The lowest BCUT2D eigenvalue weighted by atomic mass is 9.95. The number of anilines is 1. The van der Waals surface area contributed by atoms with Crippen LogP contribution in [-0.4, -0.2) is 37.0 Å². The van der Waals surface area contributed by atoms with Gasteiger partial charge in [-0.3, -0.25) is 10.6 Å². The smallest absolute Gasteiger partial charge is 0.251 e. The van der Waals surface area contributed by atoms with Crippen molar-refractivity contribution in [3.63, 3.8) is 0 Å². The van der Waals surface area contributed by atoms with E-state index < -0.39 is 0 Å². The Morgan fingerprint density at radius 1 is 1.33 bits per heavy atom. The van der Waals surface area contributed by atoms with E-state index in [4.69, 9.17) is 5.84 Å². The van der Waals surface area contributed by atoms with E-state index in [1.54, 1.807) is 0 Å². The molecule has 1 fully saturated rings. The van der Waals surface area contributed by atoms with Gasteiger partial charge in [-0.05, 0) is 57.6 Å². The first-order valence-corrected chi connectivity index (χ1v) is 7.51. The quantitative estimate of drug-likeness (QED) is 0.572. The number of hydrogen-bond acceptors (Lipinski definition) is 4. The molecule has 1 amide bonds. The Balaban J connectivity index is 2.04. The number of aryl methyl sites for hydroxylation is 1. The summed E-state index contributed by atoms with van der Waals surface area (Å²) in [5, 5.41) is 3.11. The van der Waals surface area contributed by atoms with Crippen LogP contribution in [0, 0.1) is 6.92 Å². The number of rotatable bonds is 5. The molecular formula is C16H26N4O. The van der Waals surface area contributed by atoms with E-state index in [-0.39, 0.29) is 11.4 Å². The molecule has 1 aromatic carbocycles. The number of likely N-dealkylation sites (N-methyl/N-ethyl adjacent to an activating group) is 1. The molecule has 0 atom stereocenters. The van der Waals surface area contributed by atoms with Gasteiger partial charge in [-0.25, -0.2) is 0 Å². The molecule has 4 N–H and O–H groups in total. The molecule has 0 aromatic heterocycles. The van der Waals surface area contributed by atoms with Gasteiger partial charge < -0.3 is 15.6 Å². The molecule has 0 aliphatic heterocycles. The van der Waals surface area contributed by atoms with Crippen molar-refractivity contribution in [2.75, 3.05) is 26.1 Å². The maximum Gasteiger partial charge on any atom is 0.251 e. The third-order valence-electron chi connectivity index (χ3n) is 4.70. The molecule has 21 heavy (non-hydrogen) atoms. The van der Waals surface area contributed by atoms with E-state index in [1.165, 1.54) is 12.8 Å². The minimum atomic E-state index is -0.0100. The van der Waals surface area contributed by atoms with Crippen LogP contribution >= 0.6 is 0 Å². The van der Waals surface area contributed by atoms with Gasteiger partial charge in [0, 0.05) is 23.3 Å². The summed E-state index contributed by atoms with van der Waals surface area (Å²) in [7, 11) is 4.20. The fourth-order valence-electron chi connectivity index (χ4n) is 3.16. The second kappa shape index (κ2) is 6.45. The van der Waals surface area contributed by atoms with Gasteiger partial charge in [-0.15, -0.1) is 0 Å². The topological polar surface area (TPSA) is 70.4 Å². The van der Waals surface area contributed by atoms with Crippen molar-refractivity contribution in [3.05, 3.63) is 29.3 Å². The number of carbonyl (C=O) groups excluding carboxylic acids is 1. The van der Waals surface area contributed by atoms with Crippen LogP contribution < -0.4 is 16.6 Å². The van der Waals surface area contributed by atoms with Gasteiger partial charge in [0.05, 0.1) is 0 Å². The minimum Gasteiger partial charge on any atom is -0.350 e. The molecule has 0 heterocycles. The van der Waals surface area contributed by atoms with Crippen molar-refractivity contribution in [2.24, 2.45) is 5.84 Å². The van der Waals surface area contributed by atoms with Crippen molar-refractivity contribution < 1.29 is 4.79 Å². The van der Waals surface area contributed by atoms with Gasteiger partial charge in [-0.1, -0.05) is 12.8 Å². The van der Waals surface area contributed by atoms with Crippen molar-refractivity contribution >= 4 is 11.6 Å². The Bertz CT molecular complexity index is 507. The number of benzene rings is 1. The fraction of sp³-hybridized carbons (Fsp3) is 0.562. The first-order chi connectivity index (χ1) is 9.98. The van der Waals surface area contributed by atoms with E-state index in [0.717, 1.165) is 24.1 Å². The Morgan fingerprint density at radius 2 is 2.00 bits per heavy atom. The van der Waals surface area contributed by atoms with E-state index in [1.807, 2.05) is 25.1 Å². The van der Waals surface area contributed by atoms with E-state index in [0.29, 0.717) is 12.1 Å². The summed E-state index contributed by atoms with van der Waals surface area (Å²) in [5.41, 5.74) is 5.15. The SMILES string of the molecule is Cc1cc(NN)ccc1C(=O)NCC1(N(C)C)CCCC1. The van der Waals surface area contributed by atoms with Gasteiger partial charge >= 0.3 is 0 Å². The highest BCUT2D eigenvalue weighted by molar-refractivity contribution is 5.96. The number of nitrogen functional groups attached to an aromatic ring is 1. The number of nitrogens with zero attached hydrogens (tertiary/aromatic N) is 1. The average Bonchev–Trinajstić information content (AvgIpc) is 2.94. The molecule has 1 saturated carbocycles. The molecule has 2 rings (SSSR count). The molecule has 1 aromatic rings. The lowest BCUT2D eigenvalue weighted by Crippen LogP contribution is -2.50.